The van der Waals surface area contributed by atoms with Crippen molar-refractivity contribution >= 4 is 5.97 Å². The first-order valence-electron chi connectivity index (χ1n) is 9.81. The van der Waals surface area contributed by atoms with Gasteiger partial charge in [-0.05, 0) is 60.7 Å². The molecule has 3 saturated carbocycles. The van der Waals surface area contributed by atoms with E-state index in [1.54, 1.807) is 0 Å². The molecule has 0 saturated heterocycles. The molecule has 3 aliphatic carbocycles. The molecule has 2 bridgehead atoms. The van der Waals surface area contributed by atoms with Crippen LogP contribution >= 0.6 is 0 Å². The molecule has 3 aliphatic rings. The van der Waals surface area contributed by atoms with Crippen molar-refractivity contribution in [1.82, 2.24) is 0 Å². The molecule has 0 spiro atoms. The zero-order valence-electron chi connectivity index (χ0n) is 15.3. The first-order valence-corrected chi connectivity index (χ1v) is 9.81. The highest BCUT2D eigenvalue weighted by Gasteiger charge is 2.61. The minimum Gasteiger partial charge on any atom is -0.438 e. The second kappa shape index (κ2) is 7.13. The Hall–Kier alpha value is -0.570. The monoisotopic (exact) mass is 322 g/mol. The van der Waals surface area contributed by atoms with Crippen molar-refractivity contribution in [2.45, 2.75) is 59.8 Å². The minimum atomic E-state index is 0.00880. The van der Waals surface area contributed by atoms with E-state index in [1.807, 2.05) is 0 Å². The summed E-state index contributed by atoms with van der Waals surface area (Å²) < 4.78 is 10.9. The van der Waals surface area contributed by atoms with Crippen molar-refractivity contribution < 1.29 is 14.3 Å². The summed E-state index contributed by atoms with van der Waals surface area (Å²) >= 11 is 0. The molecular formula is C20H34O3. The molecule has 23 heavy (non-hydrogen) atoms. The molecule has 3 nitrogen and oxygen atoms in total. The topological polar surface area (TPSA) is 35.5 Å². The van der Waals surface area contributed by atoms with Crippen LogP contribution in [0.1, 0.15) is 59.8 Å². The van der Waals surface area contributed by atoms with E-state index in [4.69, 9.17) is 9.47 Å². The lowest BCUT2D eigenvalue weighted by Gasteiger charge is -2.34. The second-order valence-corrected chi connectivity index (χ2v) is 8.57. The van der Waals surface area contributed by atoms with E-state index < -0.39 is 0 Å². The number of carbonyl (C=O) groups is 1. The van der Waals surface area contributed by atoms with Crippen molar-refractivity contribution in [2.75, 3.05) is 13.4 Å². The Balaban J connectivity index is 1.57. The number of hydrogen-bond donors (Lipinski definition) is 0. The lowest BCUT2D eigenvalue weighted by Crippen LogP contribution is -2.34. The predicted octanol–water partition coefficient (Wildman–Crippen LogP) is 4.50. The van der Waals surface area contributed by atoms with Crippen LogP contribution in [0.15, 0.2) is 0 Å². The normalized spacial score (nSPS) is 41.5. The number of ether oxygens (including phenoxy) is 2. The molecule has 0 N–H and O–H groups in total. The third kappa shape index (κ3) is 3.18. The Labute approximate surface area is 141 Å². The fourth-order valence-corrected chi connectivity index (χ4v) is 6.16. The molecule has 0 amide bonds. The Morgan fingerprint density at radius 3 is 2.39 bits per heavy atom. The molecule has 3 heteroatoms. The molecule has 0 aliphatic heterocycles. The Kier molecular flexibility index (Phi) is 5.35. The number of esters is 1. The number of carbonyl (C=O) groups excluding carboxylic acids is 1. The highest BCUT2D eigenvalue weighted by Crippen LogP contribution is 2.65. The molecular weight excluding hydrogens is 288 g/mol. The Bertz CT molecular complexity index is 419. The summed E-state index contributed by atoms with van der Waals surface area (Å²) in [6.07, 6.45) is 6.34. The van der Waals surface area contributed by atoms with Crippen molar-refractivity contribution in [3.8, 4) is 0 Å². The van der Waals surface area contributed by atoms with E-state index >= 15 is 0 Å². The van der Waals surface area contributed by atoms with E-state index in [0.717, 1.165) is 36.0 Å². The minimum absolute atomic E-state index is 0.00880. The van der Waals surface area contributed by atoms with Gasteiger partial charge in [-0.25, -0.2) is 0 Å². The first kappa shape index (κ1) is 17.3. The van der Waals surface area contributed by atoms with Crippen LogP contribution in [0.25, 0.3) is 0 Å². The van der Waals surface area contributed by atoms with Gasteiger partial charge in [0.25, 0.3) is 0 Å². The van der Waals surface area contributed by atoms with Crippen LogP contribution in [0, 0.1) is 47.3 Å². The van der Waals surface area contributed by atoms with Gasteiger partial charge in [-0.3, -0.25) is 4.79 Å². The van der Waals surface area contributed by atoms with E-state index in [2.05, 4.69) is 27.7 Å². The molecule has 0 aromatic rings. The molecule has 3 fully saturated rings. The van der Waals surface area contributed by atoms with Gasteiger partial charge >= 0.3 is 5.97 Å². The highest BCUT2D eigenvalue weighted by molar-refractivity contribution is 5.73. The fourth-order valence-electron chi connectivity index (χ4n) is 6.16. The zero-order valence-corrected chi connectivity index (χ0v) is 15.3. The predicted molar refractivity (Wildman–Crippen MR) is 90.6 cm³/mol. The maximum Gasteiger partial charge on any atom is 0.311 e. The average Bonchev–Trinajstić information content (AvgIpc) is 3.20. The molecule has 0 aromatic carbocycles. The standard InChI is InChI=1S/C20H34O3/c1-5-13-7-14(6-2)19-16-8-15(18(13)19)9-17(16)20(21)23-11-22-10-12(3)4/h12-19H,5-11H2,1-4H3. The van der Waals surface area contributed by atoms with Crippen molar-refractivity contribution in [1.29, 1.82) is 0 Å². The van der Waals surface area contributed by atoms with Crippen LogP contribution in [0.4, 0.5) is 0 Å². The molecule has 132 valence electrons. The third-order valence-electron chi connectivity index (χ3n) is 6.91. The maximum atomic E-state index is 12.5. The van der Waals surface area contributed by atoms with E-state index in [9.17, 15) is 4.79 Å². The van der Waals surface area contributed by atoms with Gasteiger partial charge in [-0.1, -0.05) is 40.5 Å². The lowest BCUT2D eigenvalue weighted by molar-refractivity contribution is -0.165. The van der Waals surface area contributed by atoms with Gasteiger partial charge in [-0.2, -0.15) is 0 Å². The maximum absolute atomic E-state index is 12.5. The summed E-state index contributed by atoms with van der Waals surface area (Å²) in [6.45, 7) is 9.68. The zero-order chi connectivity index (χ0) is 16.6. The fraction of sp³-hybridized carbons (Fsp3) is 0.950. The van der Waals surface area contributed by atoms with E-state index in [0.29, 0.717) is 18.4 Å². The van der Waals surface area contributed by atoms with Crippen LogP contribution in [-0.2, 0) is 14.3 Å². The summed E-state index contributed by atoms with van der Waals surface area (Å²) in [5, 5.41) is 0. The molecule has 0 radical (unpaired) electrons. The van der Waals surface area contributed by atoms with Gasteiger partial charge in [0.05, 0.1) is 12.5 Å². The lowest BCUT2D eigenvalue weighted by atomic mass is 9.70. The Morgan fingerprint density at radius 2 is 1.74 bits per heavy atom. The molecule has 0 heterocycles. The van der Waals surface area contributed by atoms with Gasteiger partial charge in [0.1, 0.15) is 0 Å². The number of fused-ring (bicyclic) bond motifs is 5. The number of rotatable bonds is 7. The van der Waals surface area contributed by atoms with Crippen LogP contribution in [0.3, 0.4) is 0 Å². The van der Waals surface area contributed by atoms with Crippen LogP contribution < -0.4 is 0 Å². The SMILES string of the molecule is CCC1CC(CC)C2C3CC(CC3C(=O)OCOCC(C)C)C12. The van der Waals surface area contributed by atoms with Crippen molar-refractivity contribution in [3.63, 3.8) is 0 Å². The average molecular weight is 322 g/mol. The quantitative estimate of drug-likeness (QED) is 0.393. The summed E-state index contributed by atoms with van der Waals surface area (Å²) in [4.78, 5) is 12.5. The molecule has 0 aromatic heterocycles. The van der Waals surface area contributed by atoms with Crippen LogP contribution in [0.2, 0.25) is 0 Å². The summed E-state index contributed by atoms with van der Waals surface area (Å²) in [6, 6.07) is 0. The van der Waals surface area contributed by atoms with Crippen molar-refractivity contribution in [3.05, 3.63) is 0 Å². The smallest absolute Gasteiger partial charge is 0.311 e. The van der Waals surface area contributed by atoms with Gasteiger partial charge < -0.3 is 9.47 Å². The third-order valence-corrected chi connectivity index (χ3v) is 6.91. The Morgan fingerprint density at radius 1 is 1.04 bits per heavy atom. The first-order chi connectivity index (χ1) is 11.1. The summed E-state index contributed by atoms with van der Waals surface area (Å²) in [5.74, 6) is 5.44. The van der Waals surface area contributed by atoms with E-state index in [-0.39, 0.29) is 18.7 Å². The molecule has 7 atom stereocenters. The van der Waals surface area contributed by atoms with Crippen LogP contribution in [0.5, 0.6) is 0 Å². The number of hydrogen-bond acceptors (Lipinski definition) is 3. The van der Waals surface area contributed by atoms with Crippen molar-refractivity contribution in [2.24, 2.45) is 47.3 Å². The van der Waals surface area contributed by atoms with Gasteiger partial charge in [0.15, 0.2) is 6.79 Å². The second-order valence-electron chi connectivity index (χ2n) is 8.57. The highest BCUT2D eigenvalue weighted by atomic mass is 16.7. The summed E-state index contributed by atoms with van der Waals surface area (Å²) in [7, 11) is 0. The summed E-state index contributed by atoms with van der Waals surface area (Å²) in [5.41, 5.74) is 0. The van der Waals surface area contributed by atoms with Gasteiger partial charge in [-0.15, -0.1) is 0 Å². The molecule has 3 rings (SSSR count). The van der Waals surface area contributed by atoms with E-state index in [1.165, 1.54) is 25.7 Å². The van der Waals surface area contributed by atoms with Crippen LogP contribution in [-0.4, -0.2) is 19.4 Å². The molecule has 7 unspecified atom stereocenters. The van der Waals surface area contributed by atoms with Gasteiger partial charge in [0, 0.05) is 0 Å². The van der Waals surface area contributed by atoms with Gasteiger partial charge in [0.2, 0.25) is 0 Å². The largest absolute Gasteiger partial charge is 0.438 e.